The highest BCUT2D eigenvalue weighted by atomic mass is 79.9. The normalized spacial score (nSPS) is 12.7. The van der Waals surface area contributed by atoms with E-state index in [1.807, 2.05) is 11.3 Å². The predicted octanol–water partition coefficient (Wildman–Crippen LogP) is 4.55. The molecule has 1 heterocycles. The van der Waals surface area contributed by atoms with Gasteiger partial charge in [0.1, 0.15) is 0 Å². The van der Waals surface area contributed by atoms with Gasteiger partial charge in [0.05, 0.1) is 0 Å². The minimum Gasteiger partial charge on any atom is -0.330 e. The first kappa shape index (κ1) is 12.8. The molecule has 1 aromatic carbocycles. The maximum atomic E-state index is 5.70. The number of benzene rings is 1. The van der Waals surface area contributed by atoms with Crippen LogP contribution in [-0.2, 0) is 0 Å². The third-order valence-corrected chi connectivity index (χ3v) is 5.16. The number of rotatable bonds is 3. The van der Waals surface area contributed by atoms with Gasteiger partial charge in [-0.1, -0.05) is 28.9 Å². The standard InChI is InChI=1S/C14H16BrNS/c1-9-7-11(3-4-12(9)15)14-6-5-13(17-14)10(2)8-16/h3-7,10H,8,16H2,1-2H3. The Morgan fingerprint density at radius 3 is 2.71 bits per heavy atom. The second-order valence-corrected chi connectivity index (χ2v) is 6.27. The monoisotopic (exact) mass is 309 g/mol. The molecule has 0 spiro atoms. The highest BCUT2D eigenvalue weighted by Gasteiger charge is 2.08. The van der Waals surface area contributed by atoms with E-state index in [-0.39, 0.29) is 0 Å². The molecule has 0 aliphatic heterocycles. The molecule has 0 amide bonds. The lowest BCUT2D eigenvalue weighted by atomic mass is 10.1. The highest BCUT2D eigenvalue weighted by Crippen LogP contribution is 2.33. The fourth-order valence-corrected chi connectivity index (χ4v) is 3.00. The summed E-state index contributed by atoms with van der Waals surface area (Å²) in [7, 11) is 0. The van der Waals surface area contributed by atoms with Crippen molar-refractivity contribution in [3.8, 4) is 10.4 Å². The zero-order valence-corrected chi connectivity index (χ0v) is 12.4. The Morgan fingerprint density at radius 1 is 1.29 bits per heavy atom. The Bertz CT molecular complexity index is 519. The Kier molecular flexibility index (Phi) is 4.02. The summed E-state index contributed by atoms with van der Waals surface area (Å²) in [6.07, 6.45) is 0. The Morgan fingerprint density at radius 2 is 2.06 bits per heavy atom. The van der Waals surface area contributed by atoms with Gasteiger partial charge in [0.25, 0.3) is 0 Å². The van der Waals surface area contributed by atoms with Crippen LogP contribution >= 0.6 is 27.3 Å². The van der Waals surface area contributed by atoms with Crippen LogP contribution in [0.1, 0.15) is 23.3 Å². The van der Waals surface area contributed by atoms with E-state index in [0.29, 0.717) is 12.5 Å². The first-order valence-corrected chi connectivity index (χ1v) is 7.29. The summed E-state index contributed by atoms with van der Waals surface area (Å²) >= 11 is 5.37. The van der Waals surface area contributed by atoms with Crippen molar-refractivity contribution in [2.75, 3.05) is 6.54 Å². The van der Waals surface area contributed by atoms with Gasteiger partial charge in [0, 0.05) is 20.1 Å². The van der Waals surface area contributed by atoms with Crippen LogP contribution in [-0.4, -0.2) is 6.54 Å². The van der Waals surface area contributed by atoms with Gasteiger partial charge in [-0.05, 0) is 48.9 Å². The van der Waals surface area contributed by atoms with Crippen LogP contribution in [0, 0.1) is 6.92 Å². The molecule has 0 radical (unpaired) electrons. The number of halogens is 1. The molecule has 2 aromatic rings. The van der Waals surface area contributed by atoms with Crippen molar-refractivity contribution in [1.29, 1.82) is 0 Å². The molecule has 0 saturated carbocycles. The van der Waals surface area contributed by atoms with E-state index in [1.54, 1.807) is 0 Å². The fraction of sp³-hybridized carbons (Fsp3) is 0.286. The summed E-state index contributed by atoms with van der Waals surface area (Å²) in [4.78, 5) is 2.68. The van der Waals surface area contributed by atoms with Crippen LogP contribution in [0.4, 0.5) is 0 Å². The number of aryl methyl sites for hydroxylation is 1. The van der Waals surface area contributed by atoms with Crippen molar-refractivity contribution < 1.29 is 0 Å². The minimum absolute atomic E-state index is 0.449. The van der Waals surface area contributed by atoms with Gasteiger partial charge in [-0.3, -0.25) is 0 Å². The average molecular weight is 310 g/mol. The molecule has 3 heteroatoms. The lowest BCUT2D eigenvalue weighted by Gasteiger charge is -2.04. The highest BCUT2D eigenvalue weighted by molar-refractivity contribution is 9.10. The summed E-state index contributed by atoms with van der Waals surface area (Å²) in [6.45, 7) is 4.99. The molecule has 1 unspecified atom stereocenters. The van der Waals surface area contributed by atoms with Crippen molar-refractivity contribution in [2.45, 2.75) is 19.8 Å². The molecule has 0 aliphatic rings. The first-order valence-electron chi connectivity index (χ1n) is 5.68. The van der Waals surface area contributed by atoms with Gasteiger partial charge in [-0.2, -0.15) is 0 Å². The molecule has 90 valence electrons. The van der Waals surface area contributed by atoms with Gasteiger partial charge >= 0.3 is 0 Å². The molecule has 2 N–H and O–H groups in total. The third-order valence-electron chi connectivity index (χ3n) is 2.91. The molecule has 0 fully saturated rings. The molecule has 1 aromatic heterocycles. The maximum Gasteiger partial charge on any atom is 0.0345 e. The van der Waals surface area contributed by atoms with E-state index in [9.17, 15) is 0 Å². The minimum atomic E-state index is 0.449. The Balaban J connectivity index is 2.33. The Hall–Kier alpha value is -0.640. The SMILES string of the molecule is Cc1cc(-c2ccc(C(C)CN)s2)ccc1Br. The van der Waals surface area contributed by atoms with Crippen LogP contribution in [0.25, 0.3) is 10.4 Å². The second kappa shape index (κ2) is 5.34. The molecular weight excluding hydrogens is 294 g/mol. The van der Waals surface area contributed by atoms with Gasteiger partial charge in [0.15, 0.2) is 0 Å². The lowest BCUT2D eigenvalue weighted by Crippen LogP contribution is -2.06. The van der Waals surface area contributed by atoms with Crippen LogP contribution in [0.2, 0.25) is 0 Å². The van der Waals surface area contributed by atoms with E-state index in [0.717, 1.165) is 4.47 Å². The smallest absolute Gasteiger partial charge is 0.0345 e. The number of nitrogens with two attached hydrogens (primary N) is 1. The van der Waals surface area contributed by atoms with Gasteiger partial charge in [-0.15, -0.1) is 11.3 Å². The second-order valence-electron chi connectivity index (χ2n) is 4.30. The number of hydrogen-bond acceptors (Lipinski definition) is 2. The third kappa shape index (κ3) is 2.79. The molecule has 1 atom stereocenters. The quantitative estimate of drug-likeness (QED) is 0.884. The lowest BCUT2D eigenvalue weighted by molar-refractivity contribution is 0.790. The van der Waals surface area contributed by atoms with E-state index < -0.39 is 0 Å². The van der Waals surface area contributed by atoms with Gasteiger partial charge in [-0.25, -0.2) is 0 Å². The number of thiophene rings is 1. The Labute approximate surface area is 115 Å². The van der Waals surface area contributed by atoms with E-state index in [4.69, 9.17) is 5.73 Å². The molecule has 0 bridgehead atoms. The van der Waals surface area contributed by atoms with Crippen LogP contribution in [0.3, 0.4) is 0 Å². The topological polar surface area (TPSA) is 26.0 Å². The van der Waals surface area contributed by atoms with Crippen molar-refractivity contribution in [3.63, 3.8) is 0 Å². The van der Waals surface area contributed by atoms with Gasteiger partial charge < -0.3 is 5.73 Å². The van der Waals surface area contributed by atoms with E-state index in [1.165, 1.54) is 20.9 Å². The molecular formula is C14H16BrNS. The van der Waals surface area contributed by atoms with E-state index in [2.05, 4.69) is 60.1 Å². The first-order chi connectivity index (χ1) is 8.11. The van der Waals surface area contributed by atoms with Crippen LogP contribution in [0.5, 0.6) is 0 Å². The molecule has 2 rings (SSSR count). The van der Waals surface area contributed by atoms with Gasteiger partial charge in [0.2, 0.25) is 0 Å². The summed E-state index contributed by atoms with van der Waals surface area (Å²) in [5.74, 6) is 0.449. The van der Waals surface area contributed by atoms with Crippen molar-refractivity contribution in [1.82, 2.24) is 0 Å². The van der Waals surface area contributed by atoms with Crippen LogP contribution in [0.15, 0.2) is 34.8 Å². The van der Waals surface area contributed by atoms with Crippen LogP contribution < -0.4 is 5.73 Å². The number of hydrogen-bond donors (Lipinski definition) is 1. The average Bonchev–Trinajstić information content (AvgIpc) is 2.81. The zero-order valence-electron chi connectivity index (χ0n) is 10.0. The van der Waals surface area contributed by atoms with Crippen molar-refractivity contribution in [3.05, 3.63) is 45.2 Å². The molecule has 1 nitrogen and oxygen atoms in total. The zero-order chi connectivity index (χ0) is 12.4. The largest absolute Gasteiger partial charge is 0.330 e. The predicted molar refractivity (Wildman–Crippen MR) is 79.7 cm³/mol. The summed E-state index contributed by atoms with van der Waals surface area (Å²) in [5.41, 5.74) is 8.25. The summed E-state index contributed by atoms with van der Waals surface area (Å²) < 4.78 is 1.16. The van der Waals surface area contributed by atoms with Crippen molar-refractivity contribution >= 4 is 27.3 Å². The fourth-order valence-electron chi connectivity index (χ4n) is 1.69. The summed E-state index contributed by atoms with van der Waals surface area (Å²) in [6, 6.07) is 10.9. The summed E-state index contributed by atoms with van der Waals surface area (Å²) in [5, 5.41) is 0. The molecule has 17 heavy (non-hydrogen) atoms. The van der Waals surface area contributed by atoms with Crippen molar-refractivity contribution in [2.24, 2.45) is 5.73 Å². The maximum absolute atomic E-state index is 5.70. The molecule has 0 saturated heterocycles. The van der Waals surface area contributed by atoms with E-state index >= 15 is 0 Å². The molecule has 0 aliphatic carbocycles.